The van der Waals surface area contributed by atoms with E-state index in [1.165, 1.54) is 0 Å². The van der Waals surface area contributed by atoms with Gasteiger partial charge in [-0.05, 0) is 0 Å². The molecule has 1 heterocycles. The summed E-state index contributed by atoms with van der Waals surface area (Å²) in [5, 5.41) is 0. The summed E-state index contributed by atoms with van der Waals surface area (Å²) in [6, 6.07) is 0. The Kier molecular flexibility index (Phi) is 6.18. The minimum atomic E-state index is -1.85. The molecular weight excluding hydrogens is 503 g/mol. The minimum absolute atomic E-state index is 0.0376. The molecule has 0 atom stereocenters. The first-order valence-electron chi connectivity index (χ1n) is 7.99. The number of hydrogen-bond acceptors (Lipinski definition) is 2. The molecule has 22 heavy (non-hydrogen) atoms. The molecule has 0 spiro atoms. The van der Waals surface area contributed by atoms with Crippen LogP contribution in [0.5, 0.6) is 0 Å². The van der Waals surface area contributed by atoms with Gasteiger partial charge in [-0.25, -0.2) is 0 Å². The van der Waals surface area contributed by atoms with Crippen molar-refractivity contribution in [2.45, 2.75) is 105 Å². The van der Waals surface area contributed by atoms with Crippen LogP contribution < -0.4 is 0 Å². The summed E-state index contributed by atoms with van der Waals surface area (Å²) in [4.78, 5) is 0. The van der Waals surface area contributed by atoms with Gasteiger partial charge in [0.1, 0.15) is 0 Å². The number of hydrogen-bond donors (Lipinski definition) is 0. The van der Waals surface area contributed by atoms with E-state index in [1.807, 2.05) is 0 Å². The van der Waals surface area contributed by atoms with E-state index in [0.717, 1.165) is 0 Å². The van der Waals surface area contributed by atoms with Crippen LogP contribution in [-0.4, -0.2) is 64.8 Å². The number of rotatable bonds is 0. The third kappa shape index (κ3) is 5.58. The first-order valence-corrected chi connectivity index (χ1v) is 14.2. The molecule has 0 aromatic heterocycles. The Morgan fingerprint density at radius 3 is 0.864 bits per heavy atom. The maximum atomic E-state index is 5.29. The summed E-state index contributed by atoms with van der Waals surface area (Å²) in [7, 11) is 0. The van der Waals surface area contributed by atoms with Crippen molar-refractivity contribution in [3.8, 4) is 0 Å². The second-order valence-corrected chi connectivity index (χ2v) is 22.4. The van der Waals surface area contributed by atoms with E-state index in [0.29, 0.717) is 0 Å². The van der Waals surface area contributed by atoms with E-state index in [2.05, 4.69) is 85.9 Å². The molecule has 1 fully saturated rings. The first-order chi connectivity index (χ1) is 9.43. The Morgan fingerprint density at radius 1 is 0.500 bits per heavy atom. The van der Waals surface area contributed by atoms with E-state index >= 15 is 0 Å². The van der Waals surface area contributed by atoms with Gasteiger partial charge in [-0.3, -0.25) is 0 Å². The van der Waals surface area contributed by atoms with Gasteiger partial charge < -0.3 is 0 Å². The van der Waals surface area contributed by atoms with Gasteiger partial charge in [0.15, 0.2) is 0 Å². The Morgan fingerprint density at radius 2 is 0.727 bits per heavy atom. The van der Waals surface area contributed by atoms with Crippen molar-refractivity contribution in [3.63, 3.8) is 0 Å². The Balaban J connectivity index is 3.49. The van der Waals surface area contributed by atoms with Gasteiger partial charge in [-0.2, -0.15) is 0 Å². The molecule has 0 bridgehead atoms. The molecule has 0 aliphatic carbocycles. The van der Waals surface area contributed by atoms with Crippen LogP contribution in [0.2, 0.25) is 0 Å². The maximum absolute atomic E-state index is 5.29. The zero-order valence-electron chi connectivity index (χ0n) is 16.6. The fourth-order valence-electron chi connectivity index (χ4n) is 1.85. The Labute approximate surface area is 153 Å². The van der Waals surface area contributed by atoms with Crippen molar-refractivity contribution in [3.05, 3.63) is 0 Å². The summed E-state index contributed by atoms with van der Waals surface area (Å²) >= 11 is -3.69. The molecule has 0 N–H and O–H groups in total. The molecule has 0 radical (unpaired) electrons. The normalized spacial score (nSPS) is 20.9. The van der Waals surface area contributed by atoms with Gasteiger partial charge in [-0.15, -0.1) is 0 Å². The van der Waals surface area contributed by atoms with Crippen LogP contribution >= 0.6 is 0 Å². The van der Waals surface area contributed by atoms with E-state index in [-0.39, 0.29) is 22.2 Å². The molecule has 0 aromatic rings. The van der Waals surface area contributed by atoms with E-state index < -0.39 is 39.8 Å². The van der Waals surface area contributed by atoms with Crippen LogP contribution in [0.3, 0.4) is 0 Å². The third-order valence-electron chi connectivity index (χ3n) is 2.40. The Hall–Kier alpha value is 1.10. The van der Waals surface area contributed by atoms with Crippen molar-refractivity contribution in [1.29, 1.82) is 0 Å². The second kappa shape index (κ2) is 6.44. The molecule has 1 aliphatic heterocycles. The van der Waals surface area contributed by atoms with Crippen LogP contribution in [0.15, 0.2) is 6.37 Å². The summed E-state index contributed by atoms with van der Waals surface area (Å²) in [5.74, 6) is 0. The molecule has 1 saturated heterocycles. The quantitative estimate of drug-likeness (QED) is 0.430. The molecule has 0 saturated carbocycles. The van der Waals surface area contributed by atoms with E-state index in [1.54, 1.807) is 0 Å². The Bertz CT molecular complexity index is 424. The summed E-state index contributed by atoms with van der Waals surface area (Å²) in [6.45, 7) is 27.4. The monoisotopic (exact) mass is 544 g/mol. The fraction of sp³-hybridized carbons (Fsp3) is 1.00. The van der Waals surface area contributed by atoms with Crippen molar-refractivity contribution in [1.82, 2.24) is 2.80 Å². The average Bonchev–Trinajstić information content (AvgIpc) is 2.04. The summed E-state index contributed by atoms with van der Waals surface area (Å²) < 4.78 is 16.1. The van der Waals surface area contributed by atoms with Gasteiger partial charge in [0.2, 0.25) is 0 Å². The molecule has 132 valence electrons. The summed E-state index contributed by atoms with van der Waals surface area (Å²) in [6.07, 6.45) is 0. The van der Waals surface area contributed by atoms with Gasteiger partial charge >= 0.3 is 154 Å². The van der Waals surface area contributed by atoms with Crippen molar-refractivity contribution in [2.24, 2.45) is 6.37 Å². The molecule has 0 unspecified atom stereocenters. The van der Waals surface area contributed by atoms with Gasteiger partial charge in [-0.1, -0.05) is 0 Å². The van der Waals surface area contributed by atoms with E-state index in [4.69, 9.17) is 6.37 Å². The zero-order valence-corrected chi connectivity index (χ0v) is 21.3. The van der Waals surface area contributed by atoms with Crippen molar-refractivity contribution >= 4 is 39.8 Å². The molecule has 0 amide bonds. The van der Waals surface area contributed by atoms with Crippen molar-refractivity contribution in [2.75, 3.05) is 0 Å². The topological polar surface area (TPSA) is 31.2 Å². The van der Waals surface area contributed by atoms with Gasteiger partial charge in [0.25, 0.3) is 0 Å². The predicted octanol–water partition coefficient (Wildman–Crippen LogP) is 4.31. The molecular formula is C16H36N4Te2. The standard InChI is InChI=1S/C16H36N4Te2/c1-13(2,3)17-21-19(15(7,8)9)22(18-14(4,5)6)20(21)16(10,11)12/h1-12H3. The molecule has 4 nitrogen and oxygen atoms in total. The van der Waals surface area contributed by atoms with Crippen molar-refractivity contribution < 1.29 is 0 Å². The van der Waals surface area contributed by atoms with Crippen LogP contribution in [0.1, 0.15) is 83.1 Å². The average molecular weight is 540 g/mol. The summed E-state index contributed by atoms with van der Waals surface area (Å²) in [5.41, 5.74) is 0.434. The second-order valence-electron chi connectivity index (χ2n) is 9.87. The molecule has 6 heteroatoms. The number of nitrogens with zero attached hydrogens (tertiary/aromatic N) is 4. The van der Waals surface area contributed by atoms with E-state index in [9.17, 15) is 0 Å². The van der Waals surface area contributed by atoms with Crippen LogP contribution in [0.25, 0.3) is 0 Å². The van der Waals surface area contributed by atoms with Crippen LogP contribution in [0, 0.1) is 0 Å². The third-order valence-corrected chi connectivity index (χ3v) is 26.3. The SMILES string of the molecule is CC(C)(C)N=[Te]1N(C(C)(C)C)[Te](=NC(C)(C)C)N1C(C)(C)C. The molecule has 0 aromatic carbocycles. The fourth-order valence-corrected chi connectivity index (χ4v) is 22.2. The van der Waals surface area contributed by atoms with Crippen LogP contribution in [0.4, 0.5) is 0 Å². The van der Waals surface area contributed by atoms with Gasteiger partial charge in [0, 0.05) is 0 Å². The zero-order chi connectivity index (χ0) is 17.7. The van der Waals surface area contributed by atoms with Gasteiger partial charge in [0.05, 0.1) is 0 Å². The first kappa shape index (κ1) is 21.1. The van der Waals surface area contributed by atoms with Crippen LogP contribution in [-0.2, 0) is 0 Å². The molecule has 1 rings (SSSR count). The molecule has 1 aliphatic rings. The predicted molar refractivity (Wildman–Crippen MR) is 99.1 cm³/mol.